The molecule has 4 aliphatic carbocycles. The van der Waals surface area contributed by atoms with Crippen molar-refractivity contribution in [1.29, 1.82) is 0 Å². The van der Waals surface area contributed by atoms with E-state index in [9.17, 15) is 22.9 Å². The Morgan fingerprint density at radius 3 is 2.44 bits per heavy atom. The number of methoxy groups -OCH3 is 1. The van der Waals surface area contributed by atoms with Gasteiger partial charge in [0.1, 0.15) is 0 Å². The van der Waals surface area contributed by atoms with Crippen LogP contribution in [0, 0.1) is 46.3 Å². The molecule has 41 heavy (non-hydrogen) atoms. The molecule has 4 fully saturated rings. The number of aliphatic hydroxyl groups excluding tert-OH is 1. The van der Waals surface area contributed by atoms with E-state index >= 15 is 0 Å². The summed E-state index contributed by atoms with van der Waals surface area (Å²) in [5, 5.41) is 14.1. The van der Waals surface area contributed by atoms with E-state index < -0.39 is 30.5 Å². The number of fused-ring (bicyclic) bond motifs is 5. The van der Waals surface area contributed by atoms with Crippen LogP contribution in [0.4, 0.5) is 0 Å². The molecule has 0 aliphatic heterocycles. The first-order chi connectivity index (χ1) is 19.1. The third kappa shape index (κ3) is 7.39. The van der Waals surface area contributed by atoms with Crippen LogP contribution in [0.25, 0.3) is 0 Å². The monoisotopic (exact) mass is 623 g/mol. The normalized spacial score (nSPS) is 39.8. The quantitative estimate of drug-likeness (QED) is 0.143. The Bertz CT molecular complexity index is 1080. The molecule has 0 bridgehead atoms. The van der Waals surface area contributed by atoms with E-state index in [1.54, 1.807) is 0 Å². The molecule has 10 atom stereocenters. The summed E-state index contributed by atoms with van der Waals surface area (Å²) in [7, 11) is -7.13. The van der Waals surface area contributed by atoms with Crippen molar-refractivity contribution >= 4 is 23.8 Å². The van der Waals surface area contributed by atoms with Gasteiger partial charge in [0.2, 0.25) is 5.91 Å². The van der Waals surface area contributed by atoms with Crippen LogP contribution in [0.15, 0.2) is 0 Å². The van der Waals surface area contributed by atoms with Crippen molar-refractivity contribution in [2.45, 2.75) is 97.2 Å². The van der Waals surface area contributed by atoms with E-state index in [4.69, 9.17) is 14.5 Å². The zero-order valence-electron chi connectivity index (χ0n) is 24.9. The summed E-state index contributed by atoms with van der Waals surface area (Å²) in [5.41, 5.74) is 0.415. The van der Waals surface area contributed by atoms with Crippen LogP contribution >= 0.6 is 7.82 Å². The Kier molecular flexibility index (Phi) is 10.4. The highest BCUT2D eigenvalue weighted by Gasteiger charge is 2.62. The summed E-state index contributed by atoms with van der Waals surface area (Å²) in [5.74, 6) is 1.94. The summed E-state index contributed by atoms with van der Waals surface area (Å²) >= 11 is 0. The van der Waals surface area contributed by atoms with Gasteiger partial charge in [-0.25, -0.2) is 8.75 Å². The first-order valence-corrected chi connectivity index (χ1v) is 18.2. The minimum Gasteiger partial charge on any atom is -0.393 e. The maximum absolute atomic E-state index is 12.5. The lowest BCUT2D eigenvalue weighted by atomic mass is 9.43. The number of phosphoric ester groups is 1. The molecule has 1 amide bonds. The highest BCUT2D eigenvalue weighted by atomic mass is 32.2. The Hall–Kier alpha value is -0.590. The van der Waals surface area contributed by atoms with Crippen molar-refractivity contribution in [2.75, 3.05) is 26.2 Å². The fourth-order valence-electron chi connectivity index (χ4n) is 9.56. The minimum absolute atomic E-state index is 0.144. The van der Waals surface area contributed by atoms with Crippen LogP contribution in [0.3, 0.4) is 0 Å². The van der Waals surface area contributed by atoms with E-state index in [0.29, 0.717) is 48.0 Å². The fourth-order valence-corrected chi connectivity index (χ4v) is 10.5. The van der Waals surface area contributed by atoms with Crippen molar-refractivity contribution < 1.29 is 46.1 Å². The van der Waals surface area contributed by atoms with E-state index in [1.807, 2.05) is 7.11 Å². The molecule has 0 heterocycles. The third-order valence-corrected chi connectivity index (χ3v) is 13.3. The summed E-state index contributed by atoms with van der Waals surface area (Å²) in [4.78, 5) is 29.7. The largest absolute Gasteiger partial charge is 0.471 e. The number of carbonyl (C=O) groups excluding carboxylic acids is 1. The molecule has 4 aliphatic rings. The highest BCUT2D eigenvalue weighted by molar-refractivity contribution is 7.86. The van der Waals surface area contributed by atoms with Crippen LogP contribution in [0.2, 0.25) is 0 Å². The Balaban J connectivity index is 1.27. The average molecular weight is 624 g/mol. The SMILES string of the molecule is COC1CCC2(C)C(C1)CC(O)C1C2CCC2(C)C(C(C)CCC(=O)NCCS(=O)(=O)OCOP(=O)(O)O)CCC12. The molecule has 0 radical (unpaired) electrons. The average Bonchev–Trinajstić information content (AvgIpc) is 3.23. The van der Waals surface area contributed by atoms with Gasteiger partial charge >= 0.3 is 7.82 Å². The lowest BCUT2D eigenvalue weighted by molar-refractivity contribution is -0.176. The van der Waals surface area contributed by atoms with E-state index in [2.05, 4.69) is 34.8 Å². The second-order valence-corrected chi connectivity index (χ2v) is 16.6. The first-order valence-electron chi connectivity index (χ1n) is 15.1. The maximum atomic E-state index is 12.5. The van der Waals surface area contributed by atoms with Gasteiger partial charge in [0, 0.05) is 20.1 Å². The number of ether oxygens (including phenoxy) is 1. The lowest BCUT2D eigenvalue weighted by Crippen LogP contribution is -2.58. The summed E-state index contributed by atoms with van der Waals surface area (Å²) in [6.07, 6.45) is 9.80. The molecular weight excluding hydrogens is 573 g/mol. The van der Waals surface area contributed by atoms with Gasteiger partial charge in [-0.3, -0.25) is 9.32 Å². The van der Waals surface area contributed by atoms with Gasteiger partial charge in [-0.15, -0.1) is 0 Å². The summed E-state index contributed by atoms with van der Waals surface area (Å²) < 4.78 is 48.4. The van der Waals surface area contributed by atoms with Crippen LogP contribution in [-0.4, -0.2) is 67.6 Å². The summed E-state index contributed by atoms with van der Waals surface area (Å²) in [6.45, 7) is 5.87. The first kappa shape index (κ1) is 33.3. The lowest BCUT2D eigenvalue weighted by Gasteiger charge is -2.62. The smallest absolute Gasteiger partial charge is 0.393 e. The zero-order chi connectivity index (χ0) is 30.2. The molecule has 4 rings (SSSR count). The molecule has 238 valence electrons. The molecule has 10 unspecified atom stereocenters. The topological polar surface area (TPSA) is 169 Å². The van der Waals surface area contributed by atoms with Crippen molar-refractivity contribution in [1.82, 2.24) is 5.32 Å². The highest BCUT2D eigenvalue weighted by Crippen LogP contribution is 2.68. The number of phosphoric acid groups is 1. The van der Waals surface area contributed by atoms with Gasteiger partial charge in [0.15, 0.2) is 6.79 Å². The molecule has 13 heteroatoms. The van der Waals surface area contributed by atoms with Crippen molar-refractivity contribution in [3.05, 3.63) is 0 Å². The number of rotatable bonds is 12. The fraction of sp³-hybridized carbons (Fsp3) is 0.964. The van der Waals surface area contributed by atoms with Gasteiger partial charge in [0.25, 0.3) is 10.1 Å². The van der Waals surface area contributed by atoms with Crippen LogP contribution < -0.4 is 5.32 Å². The van der Waals surface area contributed by atoms with E-state index in [0.717, 1.165) is 44.9 Å². The second-order valence-electron chi connectivity index (χ2n) is 13.6. The van der Waals surface area contributed by atoms with Crippen molar-refractivity contribution in [2.24, 2.45) is 46.3 Å². The number of hydrogen-bond acceptors (Lipinski definition) is 8. The molecule has 0 aromatic heterocycles. The second kappa shape index (κ2) is 12.8. The zero-order valence-corrected chi connectivity index (χ0v) is 26.6. The van der Waals surface area contributed by atoms with Crippen LogP contribution in [-0.2, 0) is 32.9 Å². The van der Waals surface area contributed by atoms with Gasteiger partial charge in [-0.2, -0.15) is 8.42 Å². The number of amides is 1. The van der Waals surface area contributed by atoms with Crippen LogP contribution in [0.1, 0.15) is 85.0 Å². The number of aliphatic hydroxyl groups is 1. The molecule has 0 spiro atoms. The standard InChI is InChI=1S/C28H50NO10PS/c1-18(5-8-25(31)29-13-14-41(35,36)39-17-38-40(32,33)34)21-6-7-22-26-23(10-12-28(21,22)3)27(2)11-9-20(37-4)15-19(27)16-24(26)30/h18-24,26,30H,5-17H2,1-4H3,(H,29,31)(H2,32,33,34). The number of hydrogen-bond donors (Lipinski definition) is 4. The van der Waals surface area contributed by atoms with Gasteiger partial charge in [-0.1, -0.05) is 20.8 Å². The third-order valence-electron chi connectivity index (χ3n) is 11.7. The maximum Gasteiger partial charge on any atom is 0.471 e. The predicted octanol–water partition coefficient (Wildman–Crippen LogP) is 3.58. The van der Waals surface area contributed by atoms with Crippen LogP contribution in [0.5, 0.6) is 0 Å². The van der Waals surface area contributed by atoms with Gasteiger partial charge < -0.3 is 24.9 Å². The Labute approximate surface area is 244 Å². The number of carbonyl (C=O) groups is 1. The Morgan fingerprint density at radius 1 is 1.07 bits per heavy atom. The number of nitrogens with one attached hydrogen (secondary N) is 1. The molecule has 4 N–H and O–H groups in total. The van der Waals surface area contributed by atoms with Crippen molar-refractivity contribution in [3.8, 4) is 0 Å². The molecule has 0 saturated heterocycles. The molecule has 4 saturated carbocycles. The van der Waals surface area contributed by atoms with E-state index in [-0.39, 0.29) is 35.8 Å². The molecule has 11 nitrogen and oxygen atoms in total. The van der Waals surface area contributed by atoms with E-state index in [1.165, 1.54) is 6.42 Å². The van der Waals surface area contributed by atoms with Gasteiger partial charge in [0.05, 0.1) is 18.0 Å². The minimum atomic E-state index is -4.83. The predicted molar refractivity (Wildman–Crippen MR) is 152 cm³/mol. The summed E-state index contributed by atoms with van der Waals surface area (Å²) in [6, 6.07) is 0. The molecule has 0 aromatic rings. The molecule has 0 aromatic carbocycles. The van der Waals surface area contributed by atoms with Crippen molar-refractivity contribution in [3.63, 3.8) is 0 Å². The molecular formula is C28H50NO10PS. The van der Waals surface area contributed by atoms with Gasteiger partial charge in [-0.05, 0) is 104 Å². The Morgan fingerprint density at radius 2 is 1.76 bits per heavy atom.